The highest BCUT2D eigenvalue weighted by atomic mass is 16.5. The van der Waals surface area contributed by atoms with Crippen LogP contribution in [0.15, 0.2) is 54.9 Å². The van der Waals surface area contributed by atoms with Gasteiger partial charge >= 0.3 is 5.97 Å². The topological polar surface area (TPSA) is 42.4 Å². The lowest BCUT2D eigenvalue weighted by Crippen LogP contribution is -2.48. The van der Waals surface area contributed by atoms with Gasteiger partial charge in [-0.3, -0.25) is 9.78 Å². The number of hydrogen-bond acceptors (Lipinski definition) is 4. The van der Waals surface area contributed by atoms with E-state index in [-0.39, 0.29) is 11.4 Å². The van der Waals surface area contributed by atoms with Gasteiger partial charge in [0.2, 0.25) is 0 Å². The maximum absolute atomic E-state index is 12.9. The van der Waals surface area contributed by atoms with Crippen molar-refractivity contribution in [1.82, 2.24) is 9.88 Å². The third-order valence-electron chi connectivity index (χ3n) is 6.08. The SMILES string of the molecule is CCOC(=O)C1(CCc2ccccc2)CCN([C@H](C)Cc2cccnc2)CC1. The van der Waals surface area contributed by atoms with E-state index in [9.17, 15) is 4.79 Å². The fourth-order valence-electron chi connectivity index (χ4n) is 4.25. The number of carbonyl (C=O) groups excluding carboxylic acids is 1. The predicted molar refractivity (Wildman–Crippen MR) is 112 cm³/mol. The Hall–Kier alpha value is -2.20. The largest absolute Gasteiger partial charge is 0.466 e. The van der Waals surface area contributed by atoms with Gasteiger partial charge in [0.1, 0.15) is 0 Å². The normalized spacial score (nSPS) is 17.8. The number of hydrogen-bond donors (Lipinski definition) is 0. The van der Waals surface area contributed by atoms with Crippen LogP contribution >= 0.6 is 0 Å². The minimum atomic E-state index is -0.351. The van der Waals surface area contributed by atoms with Crippen LogP contribution in [0.25, 0.3) is 0 Å². The van der Waals surface area contributed by atoms with E-state index in [2.05, 4.69) is 47.1 Å². The molecule has 1 saturated heterocycles. The Morgan fingerprint density at radius 3 is 2.50 bits per heavy atom. The van der Waals surface area contributed by atoms with E-state index < -0.39 is 0 Å². The Bertz CT molecular complexity index is 725. The maximum Gasteiger partial charge on any atom is 0.312 e. The number of rotatable bonds is 8. The molecule has 3 rings (SSSR count). The fourth-order valence-corrected chi connectivity index (χ4v) is 4.25. The third kappa shape index (κ3) is 5.20. The molecule has 0 bridgehead atoms. The molecule has 4 heteroatoms. The summed E-state index contributed by atoms with van der Waals surface area (Å²) in [6, 6.07) is 15.0. The number of benzene rings is 1. The van der Waals surface area contributed by atoms with Gasteiger partial charge < -0.3 is 9.64 Å². The smallest absolute Gasteiger partial charge is 0.312 e. The number of pyridine rings is 1. The van der Waals surface area contributed by atoms with E-state index in [1.807, 2.05) is 31.5 Å². The number of aromatic nitrogens is 1. The summed E-state index contributed by atoms with van der Waals surface area (Å²) < 4.78 is 5.50. The van der Waals surface area contributed by atoms with Crippen molar-refractivity contribution in [3.8, 4) is 0 Å². The van der Waals surface area contributed by atoms with Crippen molar-refractivity contribution >= 4 is 5.97 Å². The van der Waals surface area contributed by atoms with Gasteiger partial charge in [-0.05, 0) is 76.2 Å². The Balaban J connectivity index is 1.62. The van der Waals surface area contributed by atoms with Crippen molar-refractivity contribution in [3.05, 3.63) is 66.0 Å². The van der Waals surface area contributed by atoms with Crippen molar-refractivity contribution in [3.63, 3.8) is 0 Å². The first-order valence-electron chi connectivity index (χ1n) is 10.5. The highest BCUT2D eigenvalue weighted by Gasteiger charge is 2.42. The number of esters is 1. The van der Waals surface area contributed by atoms with Crippen LogP contribution in [0.2, 0.25) is 0 Å². The summed E-state index contributed by atoms with van der Waals surface area (Å²) in [6.45, 7) is 6.50. The molecule has 0 radical (unpaired) electrons. The molecule has 0 saturated carbocycles. The molecule has 150 valence electrons. The summed E-state index contributed by atoms with van der Waals surface area (Å²) in [5.74, 6) is -0.00880. The van der Waals surface area contributed by atoms with Crippen LogP contribution in [0.4, 0.5) is 0 Å². The van der Waals surface area contributed by atoms with Crippen molar-refractivity contribution in [2.75, 3.05) is 19.7 Å². The quantitative estimate of drug-likeness (QED) is 0.641. The molecule has 1 aromatic heterocycles. The number of piperidine rings is 1. The first kappa shape index (κ1) is 20.5. The zero-order chi connectivity index (χ0) is 19.8. The molecule has 1 aromatic carbocycles. The molecule has 1 fully saturated rings. The van der Waals surface area contributed by atoms with Crippen LogP contribution in [0.3, 0.4) is 0 Å². The molecule has 0 N–H and O–H groups in total. The van der Waals surface area contributed by atoms with Crippen LogP contribution < -0.4 is 0 Å². The van der Waals surface area contributed by atoms with Gasteiger partial charge in [-0.25, -0.2) is 0 Å². The summed E-state index contributed by atoms with van der Waals surface area (Å²) in [7, 11) is 0. The Morgan fingerprint density at radius 2 is 1.86 bits per heavy atom. The molecule has 1 aliphatic heterocycles. The van der Waals surface area contributed by atoms with Gasteiger partial charge in [-0.1, -0.05) is 36.4 Å². The summed E-state index contributed by atoms with van der Waals surface area (Å²) >= 11 is 0. The minimum Gasteiger partial charge on any atom is -0.466 e. The summed E-state index contributed by atoms with van der Waals surface area (Å²) in [4.78, 5) is 19.6. The molecule has 1 aliphatic rings. The average Bonchev–Trinajstić information content (AvgIpc) is 2.74. The Labute approximate surface area is 168 Å². The maximum atomic E-state index is 12.9. The molecule has 0 unspecified atom stereocenters. The van der Waals surface area contributed by atoms with Gasteiger partial charge in [0.15, 0.2) is 0 Å². The third-order valence-corrected chi connectivity index (χ3v) is 6.08. The first-order chi connectivity index (χ1) is 13.6. The minimum absolute atomic E-state index is 0.00880. The second kappa shape index (κ2) is 9.83. The van der Waals surface area contributed by atoms with Crippen molar-refractivity contribution in [2.24, 2.45) is 5.41 Å². The number of ether oxygens (including phenoxy) is 1. The molecule has 28 heavy (non-hydrogen) atoms. The van der Waals surface area contributed by atoms with Crippen LogP contribution in [0, 0.1) is 5.41 Å². The lowest BCUT2D eigenvalue weighted by Gasteiger charge is -2.42. The molecular formula is C24H32N2O2. The Morgan fingerprint density at radius 1 is 1.14 bits per heavy atom. The molecule has 0 spiro atoms. The van der Waals surface area contributed by atoms with Gasteiger partial charge in [-0.2, -0.15) is 0 Å². The summed E-state index contributed by atoms with van der Waals surface area (Å²) in [5.41, 5.74) is 2.20. The molecule has 2 aromatic rings. The zero-order valence-corrected chi connectivity index (χ0v) is 17.1. The number of aryl methyl sites for hydroxylation is 1. The van der Waals surface area contributed by atoms with Crippen molar-refractivity contribution in [2.45, 2.75) is 52.0 Å². The summed E-state index contributed by atoms with van der Waals surface area (Å²) in [5, 5.41) is 0. The lowest BCUT2D eigenvalue weighted by atomic mass is 9.73. The summed E-state index contributed by atoms with van der Waals surface area (Å²) in [6.07, 6.45) is 8.28. The number of nitrogens with zero attached hydrogens (tertiary/aromatic N) is 2. The molecule has 4 nitrogen and oxygen atoms in total. The van der Waals surface area contributed by atoms with E-state index in [1.54, 1.807) is 0 Å². The predicted octanol–water partition coefficient (Wildman–Crippen LogP) is 4.29. The van der Waals surface area contributed by atoms with Crippen LogP contribution in [-0.2, 0) is 22.4 Å². The van der Waals surface area contributed by atoms with Crippen LogP contribution in [0.5, 0.6) is 0 Å². The van der Waals surface area contributed by atoms with Crippen molar-refractivity contribution < 1.29 is 9.53 Å². The standard InChI is InChI=1S/C24H32N2O2/c1-3-28-23(27)24(12-11-21-8-5-4-6-9-21)13-16-26(17-14-24)20(2)18-22-10-7-15-25-19-22/h4-10,15,19-20H,3,11-14,16-18H2,1-2H3/t20-/m1/s1. The highest BCUT2D eigenvalue weighted by Crippen LogP contribution is 2.38. The van der Waals surface area contributed by atoms with Gasteiger partial charge in [0.05, 0.1) is 12.0 Å². The van der Waals surface area contributed by atoms with Crippen molar-refractivity contribution in [1.29, 1.82) is 0 Å². The molecule has 0 aliphatic carbocycles. The highest BCUT2D eigenvalue weighted by molar-refractivity contribution is 5.77. The van der Waals surface area contributed by atoms with Crippen LogP contribution in [0.1, 0.15) is 44.2 Å². The molecular weight excluding hydrogens is 348 g/mol. The van der Waals surface area contributed by atoms with E-state index >= 15 is 0 Å². The molecule has 1 atom stereocenters. The van der Waals surface area contributed by atoms with Gasteiger partial charge in [0.25, 0.3) is 0 Å². The second-order valence-electron chi connectivity index (χ2n) is 7.94. The second-order valence-corrected chi connectivity index (χ2v) is 7.94. The fraction of sp³-hybridized carbons (Fsp3) is 0.500. The zero-order valence-electron chi connectivity index (χ0n) is 17.1. The molecule has 0 amide bonds. The molecule has 2 heterocycles. The lowest BCUT2D eigenvalue weighted by molar-refractivity contribution is -0.159. The van der Waals surface area contributed by atoms with E-state index in [4.69, 9.17) is 4.74 Å². The number of carbonyl (C=O) groups is 1. The number of likely N-dealkylation sites (tertiary alicyclic amines) is 1. The van der Waals surface area contributed by atoms with E-state index in [0.29, 0.717) is 12.6 Å². The monoisotopic (exact) mass is 380 g/mol. The van der Waals surface area contributed by atoms with Gasteiger partial charge in [-0.15, -0.1) is 0 Å². The van der Waals surface area contributed by atoms with Gasteiger partial charge in [0, 0.05) is 18.4 Å². The first-order valence-corrected chi connectivity index (χ1v) is 10.5. The van der Waals surface area contributed by atoms with Crippen LogP contribution in [-0.4, -0.2) is 41.6 Å². The van der Waals surface area contributed by atoms with E-state index in [0.717, 1.165) is 45.2 Å². The van der Waals surface area contributed by atoms with E-state index in [1.165, 1.54) is 11.1 Å². The Kier molecular flexibility index (Phi) is 7.21. The average molecular weight is 381 g/mol.